The first kappa shape index (κ1) is 20.2. The van der Waals surface area contributed by atoms with Crippen LogP contribution in [0, 0.1) is 0 Å². The summed E-state index contributed by atoms with van der Waals surface area (Å²) >= 11 is 0.478. The molecule has 26 heavy (non-hydrogen) atoms. The minimum absolute atomic E-state index is 0.0196. The second-order valence-electron chi connectivity index (χ2n) is 6.49. The van der Waals surface area contributed by atoms with Gasteiger partial charge in [-0.1, -0.05) is 23.9 Å². The van der Waals surface area contributed by atoms with E-state index < -0.39 is 5.76 Å². The maximum atomic E-state index is 12.9. The molecule has 0 N–H and O–H groups in total. The van der Waals surface area contributed by atoms with E-state index in [1.54, 1.807) is 29.2 Å². The summed E-state index contributed by atoms with van der Waals surface area (Å²) in [6, 6.07) is 14.4. The first-order valence-electron chi connectivity index (χ1n) is 8.40. The number of anilines is 1. The third-order valence-corrected chi connectivity index (χ3v) is 4.74. The van der Waals surface area contributed by atoms with E-state index >= 15 is 0 Å². The van der Waals surface area contributed by atoms with E-state index in [0.29, 0.717) is 28.8 Å². The first-order chi connectivity index (χ1) is 12.3. The van der Waals surface area contributed by atoms with Crippen LogP contribution in [0.25, 0.3) is 0 Å². The van der Waals surface area contributed by atoms with Crippen LogP contribution >= 0.6 is 11.8 Å². The molecule has 1 amide bonds. The molecule has 0 atom stereocenters. The molecule has 0 spiro atoms. The summed E-state index contributed by atoms with van der Waals surface area (Å²) in [5.74, 6) is -2.57. The molecule has 6 heteroatoms. The van der Waals surface area contributed by atoms with Gasteiger partial charge in [0.2, 0.25) is 0 Å². The molecular formula is C20H24F2N2OS. The lowest BCUT2D eigenvalue weighted by molar-refractivity contribution is 0.0690. The Morgan fingerprint density at radius 2 is 1.58 bits per heavy atom. The monoisotopic (exact) mass is 378 g/mol. The van der Waals surface area contributed by atoms with E-state index in [9.17, 15) is 13.6 Å². The Morgan fingerprint density at radius 1 is 1.00 bits per heavy atom. The second kappa shape index (κ2) is 9.03. The summed E-state index contributed by atoms with van der Waals surface area (Å²) in [6.07, 6.45) is 0. The summed E-state index contributed by atoms with van der Waals surface area (Å²) in [7, 11) is 3.96. The van der Waals surface area contributed by atoms with Gasteiger partial charge in [-0.05, 0) is 55.8 Å². The molecule has 0 saturated heterocycles. The van der Waals surface area contributed by atoms with Crippen molar-refractivity contribution in [2.45, 2.75) is 37.1 Å². The van der Waals surface area contributed by atoms with Crippen LogP contribution < -0.4 is 4.90 Å². The summed E-state index contributed by atoms with van der Waals surface area (Å²) in [6.45, 7) is 4.43. The van der Waals surface area contributed by atoms with E-state index in [1.807, 2.05) is 57.1 Å². The molecule has 3 nitrogen and oxygen atoms in total. The molecule has 0 aliphatic heterocycles. The van der Waals surface area contributed by atoms with Gasteiger partial charge in [-0.3, -0.25) is 4.79 Å². The average Bonchev–Trinajstić information content (AvgIpc) is 2.59. The maximum absolute atomic E-state index is 12.9. The Bertz CT molecular complexity index is 716. The quantitative estimate of drug-likeness (QED) is 0.625. The zero-order valence-electron chi connectivity index (χ0n) is 15.4. The molecule has 0 heterocycles. The second-order valence-corrected chi connectivity index (χ2v) is 7.55. The van der Waals surface area contributed by atoms with Gasteiger partial charge in [-0.25, -0.2) is 0 Å². The molecule has 0 unspecified atom stereocenters. The normalized spacial score (nSPS) is 11.1. The lowest BCUT2D eigenvalue weighted by Crippen LogP contribution is -2.36. The number of hydrogen-bond acceptors (Lipinski definition) is 3. The van der Waals surface area contributed by atoms with Crippen LogP contribution in [0.15, 0.2) is 53.4 Å². The molecule has 2 aromatic carbocycles. The van der Waals surface area contributed by atoms with E-state index in [1.165, 1.54) is 0 Å². The number of benzene rings is 2. The number of carbonyl (C=O) groups excluding carboxylic acids is 1. The van der Waals surface area contributed by atoms with Gasteiger partial charge in [0.25, 0.3) is 11.7 Å². The minimum Gasteiger partial charge on any atom is -0.378 e. The molecular weight excluding hydrogens is 354 g/mol. The van der Waals surface area contributed by atoms with Crippen molar-refractivity contribution in [2.75, 3.05) is 19.0 Å². The van der Waals surface area contributed by atoms with Crippen LogP contribution in [0.5, 0.6) is 0 Å². The van der Waals surface area contributed by atoms with Crippen LogP contribution in [-0.2, 0) is 6.54 Å². The third kappa shape index (κ3) is 5.46. The highest BCUT2D eigenvalue weighted by Gasteiger charge is 2.19. The maximum Gasteiger partial charge on any atom is 0.288 e. The smallest absolute Gasteiger partial charge is 0.288 e. The number of alkyl halides is 2. The van der Waals surface area contributed by atoms with Crippen molar-refractivity contribution < 1.29 is 13.6 Å². The zero-order valence-corrected chi connectivity index (χ0v) is 16.3. The van der Waals surface area contributed by atoms with Crippen molar-refractivity contribution in [2.24, 2.45) is 0 Å². The number of halogens is 2. The lowest BCUT2D eigenvalue weighted by Gasteiger charge is -2.27. The number of thioether (sulfide) groups is 1. The Morgan fingerprint density at radius 3 is 2.04 bits per heavy atom. The van der Waals surface area contributed by atoms with Crippen molar-refractivity contribution in [1.29, 1.82) is 0 Å². The SMILES string of the molecule is CC(C)N(Cc1ccc(N(C)C)cc1)C(=O)c1ccc(SC(F)F)cc1. The van der Waals surface area contributed by atoms with Gasteiger partial charge in [0.15, 0.2) is 0 Å². The number of rotatable bonds is 7. The Labute approximate surface area is 158 Å². The van der Waals surface area contributed by atoms with Crippen LogP contribution in [-0.4, -0.2) is 36.7 Å². The van der Waals surface area contributed by atoms with E-state index in [4.69, 9.17) is 0 Å². The van der Waals surface area contributed by atoms with Crippen molar-refractivity contribution in [3.63, 3.8) is 0 Å². The first-order valence-corrected chi connectivity index (χ1v) is 9.28. The molecule has 2 rings (SSSR count). The van der Waals surface area contributed by atoms with Crippen LogP contribution in [0.2, 0.25) is 0 Å². The highest BCUT2D eigenvalue weighted by Crippen LogP contribution is 2.26. The fourth-order valence-electron chi connectivity index (χ4n) is 2.53. The molecule has 0 radical (unpaired) electrons. The van der Waals surface area contributed by atoms with Gasteiger partial charge in [0.05, 0.1) is 0 Å². The van der Waals surface area contributed by atoms with Gasteiger partial charge < -0.3 is 9.80 Å². The largest absolute Gasteiger partial charge is 0.378 e. The predicted octanol–water partition coefficient (Wildman–Crippen LogP) is 5.12. The minimum atomic E-state index is -2.46. The standard InChI is InChI=1S/C20H24F2N2OS/c1-14(2)24(13-15-5-9-17(10-6-15)23(3)4)19(25)16-7-11-18(12-8-16)26-20(21)22/h5-12,14,20H,13H2,1-4H3. The highest BCUT2D eigenvalue weighted by molar-refractivity contribution is 7.99. The van der Waals surface area contributed by atoms with Crippen LogP contribution in [0.3, 0.4) is 0 Å². The molecule has 0 aromatic heterocycles. The lowest BCUT2D eigenvalue weighted by atomic mass is 10.1. The van der Waals surface area contributed by atoms with E-state index in [0.717, 1.165) is 11.3 Å². The Balaban J connectivity index is 2.14. The van der Waals surface area contributed by atoms with Crippen LogP contribution in [0.1, 0.15) is 29.8 Å². The highest BCUT2D eigenvalue weighted by atomic mass is 32.2. The topological polar surface area (TPSA) is 23.6 Å². The number of hydrogen-bond donors (Lipinski definition) is 0. The zero-order chi connectivity index (χ0) is 19.3. The molecule has 0 aliphatic rings. The molecule has 0 saturated carbocycles. The molecule has 0 aliphatic carbocycles. The molecule has 140 valence electrons. The van der Waals surface area contributed by atoms with Crippen LogP contribution in [0.4, 0.5) is 14.5 Å². The summed E-state index contributed by atoms with van der Waals surface area (Å²) < 4.78 is 24.8. The summed E-state index contributed by atoms with van der Waals surface area (Å²) in [5.41, 5.74) is 2.65. The predicted molar refractivity (Wildman–Crippen MR) is 104 cm³/mol. The van der Waals surface area contributed by atoms with Crippen molar-refractivity contribution in [3.8, 4) is 0 Å². The van der Waals surface area contributed by atoms with Gasteiger partial charge in [0.1, 0.15) is 0 Å². The summed E-state index contributed by atoms with van der Waals surface area (Å²) in [4.78, 5) is 17.1. The Kier molecular flexibility index (Phi) is 7.03. The number of carbonyl (C=O) groups is 1. The third-order valence-electron chi connectivity index (χ3n) is 4.02. The molecule has 2 aromatic rings. The molecule has 0 bridgehead atoms. The van der Waals surface area contributed by atoms with Gasteiger partial charge >= 0.3 is 0 Å². The van der Waals surface area contributed by atoms with E-state index in [2.05, 4.69) is 0 Å². The summed E-state index contributed by atoms with van der Waals surface area (Å²) in [5, 5.41) is 0. The van der Waals surface area contributed by atoms with Gasteiger partial charge in [-0.2, -0.15) is 8.78 Å². The van der Waals surface area contributed by atoms with E-state index in [-0.39, 0.29) is 11.9 Å². The van der Waals surface area contributed by atoms with Crippen molar-refractivity contribution in [3.05, 3.63) is 59.7 Å². The Hall–Kier alpha value is -2.08. The van der Waals surface area contributed by atoms with Crippen molar-refractivity contribution >= 4 is 23.4 Å². The average molecular weight is 378 g/mol. The fourth-order valence-corrected chi connectivity index (χ4v) is 3.03. The van der Waals surface area contributed by atoms with Gasteiger partial charge in [-0.15, -0.1) is 0 Å². The fraction of sp³-hybridized carbons (Fsp3) is 0.350. The number of amides is 1. The number of nitrogens with zero attached hydrogens (tertiary/aromatic N) is 2. The van der Waals surface area contributed by atoms with Crippen molar-refractivity contribution in [1.82, 2.24) is 4.90 Å². The molecule has 0 fully saturated rings. The van der Waals surface area contributed by atoms with Gasteiger partial charge in [0, 0.05) is 42.8 Å².